The SMILES string of the molecule is FC(F)(F)c1ccccc1C1=Nc2ccccc2C=NC1. The quantitative estimate of drug-likeness (QED) is 0.749. The topological polar surface area (TPSA) is 24.7 Å². The van der Waals surface area contributed by atoms with Crippen LogP contribution in [0.15, 0.2) is 58.5 Å². The largest absolute Gasteiger partial charge is 0.417 e. The molecular formula is C16H11F3N2. The molecule has 3 rings (SSSR count). The van der Waals surface area contributed by atoms with Crippen LogP contribution in [0.1, 0.15) is 16.7 Å². The second-order valence-corrected chi connectivity index (χ2v) is 4.63. The molecule has 1 aliphatic heterocycles. The maximum atomic E-state index is 13.1. The van der Waals surface area contributed by atoms with Crippen LogP contribution in [-0.4, -0.2) is 18.5 Å². The monoisotopic (exact) mass is 288 g/mol. The third-order valence-corrected chi connectivity index (χ3v) is 3.21. The minimum atomic E-state index is -4.41. The third-order valence-electron chi connectivity index (χ3n) is 3.21. The van der Waals surface area contributed by atoms with Gasteiger partial charge in [0, 0.05) is 17.3 Å². The van der Waals surface area contributed by atoms with Gasteiger partial charge in [0.25, 0.3) is 0 Å². The molecule has 2 nitrogen and oxygen atoms in total. The molecule has 0 N–H and O–H groups in total. The highest BCUT2D eigenvalue weighted by Crippen LogP contribution is 2.33. The maximum Gasteiger partial charge on any atom is 0.417 e. The predicted molar refractivity (Wildman–Crippen MR) is 76.5 cm³/mol. The van der Waals surface area contributed by atoms with Crippen LogP contribution in [0.25, 0.3) is 0 Å². The summed E-state index contributed by atoms with van der Waals surface area (Å²) >= 11 is 0. The summed E-state index contributed by atoms with van der Waals surface area (Å²) in [5.41, 5.74) is 1.16. The van der Waals surface area contributed by atoms with Gasteiger partial charge in [0.1, 0.15) is 0 Å². The number of aliphatic imine (C=N–C) groups is 2. The van der Waals surface area contributed by atoms with Gasteiger partial charge < -0.3 is 0 Å². The maximum absolute atomic E-state index is 13.1. The zero-order chi connectivity index (χ0) is 14.9. The second kappa shape index (κ2) is 5.16. The number of hydrogen-bond donors (Lipinski definition) is 0. The van der Waals surface area contributed by atoms with E-state index in [1.807, 2.05) is 12.1 Å². The first kappa shape index (κ1) is 13.5. The summed E-state index contributed by atoms with van der Waals surface area (Å²) in [5, 5.41) is 0. The fourth-order valence-corrected chi connectivity index (χ4v) is 2.24. The van der Waals surface area contributed by atoms with Gasteiger partial charge in [-0.1, -0.05) is 36.4 Å². The van der Waals surface area contributed by atoms with Crippen LogP contribution in [0.3, 0.4) is 0 Å². The summed E-state index contributed by atoms with van der Waals surface area (Å²) in [6.07, 6.45) is -2.77. The molecule has 21 heavy (non-hydrogen) atoms. The van der Waals surface area contributed by atoms with E-state index in [2.05, 4.69) is 9.98 Å². The van der Waals surface area contributed by atoms with Crippen molar-refractivity contribution in [3.8, 4) is 0 Å². The average molecular weight is 288 g/mol. The summed E-state index contributed by atoms with van der Waals surface area (Å²) < 4.78 is 39.3. The van der Waals surface area contributed by atoms with Gasteiger partial charge in [-0.3, -0.25) is 9.98 Å². The third kappa shape index (κ3) is 2.72. The molecule has 106 valence electrons. The molecule has 0 fully saturated rings. The van der Waals surface area contributed by atoms with Gasteiger partial charge in [-0.25, -0.2) is 0 Å². The zero-order valence-corrected chi connectivity index (χ0v) is 10.9. The first-order chi connectivity index (χ1) is 10.1. The van der Waals surface area contributed by atoms with Gasteiger partial charge in [0.15, 0.2) is 0 Å². The van der Waals surface area contributed by atoms with Crippen LogP contribution in [-0.2, 0) is 6.18 Å². The minimum absolute atomic E-state index is 0.0823. The molecule has 0 radical (unpaired) electrons. The Morgan fingerprint density at radius 1 is 0.905 bits per heavy atom. The standard InChI is InChI=1S/C16H11F3N2/c17-16(18,19)13-7-3-2-6-12(13)15-10-20-9-11-5-1-4-8-14(11)21-15/h1-9H,10H2. The number of nitrogens with zero attached hydrogens (tertiary/aromatic N) is 2. The smallest absolute Gasteiger partial charge is 0.286 e. The first-order valence-electron chi connectivity index (χ1n) is 6.39. The van der Waals surface area contributed by atoms with E-state index in [1.165, 1.54) is 12.1 Å². The van der Waals surface area contributed by atoms with Gasteiger partial charge in [0.05, 0.1) is 23.5 Å². The lowest BCUT2D eigenvalue weighted by molar-refractivity contribution is -0.137. The number of rotatable bonds is 1. The molecule has 0 unspecified atom stereocenters. The van der Waals surface area contributed by atoms with Crippen LogP contribution in [0, 0.1) is 0 Å². The fraction of sp³-hybridized carbons (Fsp3) is 0.125. The Morgan fingerprint density at radius 2 is 1.62 bits per heavy atom. The Labute approximate surface area is 119 Å². The number of halogens is 3. The molecule has 0 atom stereocenters. The van der Waals surface area contributed by atoms with E-state index in [9.17, 15) is 13.2 Å². The highest BCUT2D eigenvalue weighted by molar-refractivity contribution is 6.07. The van der Waals surface area contributed by atoms with Crippen LogP contribution in [0.2, 0.25) is 0 Å². The van der Waals surface area contributed by atoms with E-state index in [0.29, 0.717) is 11.4 Å². The Morgan fingerprint density at radius 3 is 2.43 bits per heavy atom. The number of fused-ring (bicyclic) bond motifs is 1. The summed E-state index contributed by atoms with van der Waals surface area (Å²) in [6, 6.07) is 12.7. The molecule has 0 spiro atoms. The van der Waals surface area contributed by atoms with Crippen molar-refractivity contribution in [3.05, 3.63) is 65.2 Å². The van der Waals surface area contributed by atoms with Crippen LogP contribution >= 0.6 is 0 Å². The Bertz CT molecular complexity index is 730. The van der Waals surface area contributed by atoms with Crippen molar-refractivity contribution in [1.29, 1.82) is 0 Å². The minimum Gasteiger partial charge on any atom is -0.286 e. The van der Waals surface area contributed by atoms with Crippen molar-refractivity contribution in [3.63, 3.8) is 0 Å². The van der Waals surface area contributed by atoms with Crippen LogP contribution in [0.4, 0.5) is 18.9 Å². The van der Waals surface area contributed by atoms with Crippen LogP contribution in [0.5, 0.6) is 0 Å². The van der Waals surface area contributed by atoms with Crippen LogP contribution < -0.4 is 0 Å². The van der Waals surface area contributed by atoms with Gasteiger partial charge in [0.2, 0.25) is 0 Å². The van der Waals surface area contributed by atoms with Crippen molar-refractivity contribution >= 4 is 17.6 Å². The van der Waals surface area contributed by atoms with Crippen molar-refractivity contribution in [2.45, 2.75) is 6.18 Å². The van der Waals surface area contributed by atoms with Crippen molar-refractivity contribution in [2.75, 3.05) is 6.54 Å². The van der Waals surface area contributed by atoms with Crippen molar-refractivity contribution < 1.29 is 13.2 Å². The number of para-hydroxylation sites is 1. The molecule has 0 saturated carbocycles. The fourth-order valence-electron chi connectivity index (χ4n) is 2.24. The van der Waals surface area contributed by atoms with Gasteiger partial charge in [-0.05, 0) is 12.1 Å². The lowest BCUT2D eigenvalue weighted by Crippen LogP contribution is -2.15. The first-order valence-corrected chi connectivity index (χ1v) is 6.39. The van der Waals surface area contributed by atoms with E-state index >= 15 is 0 Å². The lowest BCUT2D eigenvalue weighted by Gasteiger charge is -2.13. The van der Waals surface area contributed by atoms with E-state index in [4.69, 9.17) is 0 Å². The van der Waals surface area contributed by atoms with Crippen molar-refractivity contribution in [2.24, 2.45) is 9.98 Å². The molecule has 0 bridgehead atoms. The van der Waals surface area contributed by atoms with Gasteiger partial charge in [-0.15, -0.1) is 0 Å². The highest BCUT2D eigenvalue weighted by Gasteiger charge is 2.34. The molecule has 0 aromatic heterocycles. The molecule has 5 heteroatoms. The molecule has 2 aromatic rings. The Hall–Kier alpha value is -2.43. The summed E-state index contributed by atoms with van der Waals surface area (Å²) in [6.45, 7) is 0.127. The van der Waals surface area contributed by atoms with E-state index in [1.54, 1.807) is 24.4 Å². The molecule has 1 heterocycles. The highest BCUT2D eigenvalue weighted by atomic mass is 19.4. The average Bonchev–Trinajstić information content (AvgIpc) is 2.68. The Balaban J connectivity index is 2.15. The number of benzene rings is 2. The molecule has 0 amide bonds. The molecule has 1 aliphatic rings. The summed E-state index contributed by atoms with van der Waals surface area (Å²) in [5.74, 6) is 0. The van der Waals surface area contributed by atoms with Gasteiger partial charge in [-0.2, -0.15) is 13.2 Å². The van der Waals surface area contributed by atoms with E-state index in [-0.39, 0.29) is 12.1 Å². The molecule has 2 aromatic carbocycles. The zero-order valence-electron chi connectivity index (χ0n) is 10.9. The number of hydrogen-bond acceptors (Lipinski definition) is 2. The van der Waals surface area contributed by atoms with Crippen molar-refractivity contribution in [1.82, 2.24) is 0 Å². The number of alkyl halides is 3. The Kier molecular flexibility index (Phi) is 3.33. The second-order valence-electron chi connectivity index (χ2n) is 4.63. The molecule has 0 aliphatic carbocycles. The summed E-state index contributed by atoms with van der Waals surface area (Å²) in [4.78, 5) is 8.55. The van der Waals surface area contributed by atoms with Gasteiger partial charge >= 0.3 is 6.18 Å². The molecular weight excluding hydrogens is 277 g/mol. The van der Waals surface area contributed by atoms with E-state index < -0.39 is 11.7 Å². The normalized spacial score (nSPS) is 14.3. The van der Waals surface area contributed by atoms with E-state index in [0.717, 1.165) is 11.6 Å². The molecule has 0 saturated heterocycles. The lowest BCUT2D eigenvalue weighted by atomic mass is 10.0. The summed E-state index contributed by atoms with van der Waals surface area (Å²) in [7, 11) is 0. The predicted octanol–water partition coefficient (Wildman–Crippen LogP) is 4.26.